The molecule has 10 unspecified atom stereocenters. The van der Waals surface area contributed by atoms with Gasteiger partial charge >= 0.3 is 17.9 Å². The minimum Gasteiger partial charge on any atom is -0.463 e. The molecule has 0 aromatic heterocycles. The van der Waals surface area contributed by atoms with E-state index in [2.05, 4.69) is 0 Å². The van der Waals surface area contributed by atoms with E-state index < -0.39 is 64.1 Å². The van der Waals surface area contributed by atoms with Gasteiger partial charge in [-0.1, -0.05) is 25.5 Å². The average molecular weight is 509 g/mol. The third-order valence-electron chi connectivity index (χ3n) is 10.0. The van der Waals surface area contributed by atoms with Crippen molar-refractivity contribution < 1.29 is 43.9 Å². The van der Waals surface area contributed by atoms with Crippen molar-refractivity contribution in [2.45, 2.75) is 116 Å². The summed E-state index contributed by atoms with van der Waals surface area (Å²) >= 11 is 0. The summed E-state index contributed by atoms with van der Waals surface area (Å²) < 4.78 is 16.7. The van der Waals surface area contributed by atoms with E-state index in [4.69, 9.17) is 14.2 Å². The molecule has 4 aliphatic carbocycles. The van der Waals surface area contributed by atoms with E-state index in [1.54, 1.807) is 13.8 Å². The maximum absolute atomic E-state index is 12.5. The first-order chi connectivity index (χ1) is 16.6. The van der Waals surface area contributed by atoms with Gasteiger partial charge < -0.3 is 29.5 Å². The first-order valence-electron chi connectivity index (χ1n) is 13.0. The van der Waals surface area contributed by atoms with Crippen molar-refractivity contribution >= 4 is 17.9 Å². The highest BCUT2D eigenvalue weighted by molar-refractivity contribution is 5.67. The van der Waals surface area contributed by atoms with Crippen molar-refractivity contribution in [2.75, 3.05) is 0 Å². The Kier molecular flexibility index (Phi) is 6.62. The zero-order valence-electron chi connectivity index (χ0n) is 22.1. The number of fused-ring (bicyclic) bond motifs is 5. The highest BCUT2D eigenvalue weighted by Gasteiger charge is 2.79. The zero-order chi connectivity index (χ0) is 26.8. The maximum atomic E-state index is 12.5. The largest absolute Gasteiger partial charge is 0.463 e. The smallest absolute Gasteiger partial charge is 0.303 e. The molecular weight excluding hydrogens is 468 g/mol. The van der Waals surface area contributed by atoms with Crippen LogP contribution in [0, 0.1) is 22.7 Å². The molecule has 9 nitrogen and oxygen atoms in total. The molecule has 0 radical (unpaired) electrons. The van der Waals surface area contributed by atoms with Crippen molar-refractivity contribution in [3.63, 3.8) is 0 Å². The van der Waals surface area contributed by atoms with E-state index in [0.717, 1.165) is 5.57 Å². The van der Waals surface area contributed by atoms with E-state index in [1.807, 2.05) is 13.0 Å². The lowest BCUT2D eigenvalue weighted by molar-refractivity contribution is -0.333. The van der Waals surface area contributed by atoms with Gasteiger partial charge in [0.25, 0.3) is 0 Å². The molecule has 0 bridgehead atoms. The molecule has 10 atom stereocenters. The Morgan fingerprint density at radius 1 is 1.00 bits per heavy atom. The fraction of sp³-hybridized carbons (Fsp3) is 0.815. The number of aliphatic hydroxyl groups is 3. The first kappa shape index (κ1) is 27.1. The summed E-state index contributed by atoms with van der Waals surface area (Å²) in [7, 11) is 0. The van der Waals surface area contributed by atoms with Crippen LogP contribution in [0.3, 0.4) is 0 Å². The van der Waals surface area contributed by atoms with Gasteiger partial charge in [0, 0.05) is 44.4 Å². The van der Waals surface area contributed by atoms with Gasteiger partial charge in [0.1, 0.15) is 29.5 Å². The van der Waals surface area contributed by atoms with Crippen LogP contribution in [0.5, 0.6) is 0 Å². The van der Waals surface area contributed by atoms with Gasteiger partial charge in [0.2, 0.25) is 0 Å². The summed E-state index contributed by atoms with van der Waals surface area (Å²) in [5, 5.41) is 36.8. The number of carbonyl (C=O) groups excluding carboxylic acids is 3. The highest BCUT2D eigenvalue weighted by atomic mass is 16.6. The normalized spacial score (nSPS) is 46.4. The molecule has 4 rings (SSSR count). The van der Waals surface area contributed by atoms with Crippen LogP contribution in [0.4, 0.5) is 0 Å². The second-order valence-electron chi connectivity index (χ2n) is 11.9. The van der Waals surface area contributed by atoms with Crippen molar-refractivity contribution in [1.82, 2.24) is 0 Å². The number of rotatable bonds is 4. The number of ether oxygens (including phenoxy) is 3. The Bertz CT molecular complexity index is 976. The SMILES string of the molecule is CC(=O)OC1CCC2(C)C(=CCC3(O)C2C(O)C(OC(C)=O)C2(C)C(C(C)OC(C)=O)CCC32O)C1. The molecule has 0 spiro atoms. The third-order valence-corrected chi connectivity index (χ3v) is 10.0. The van der Waals surface area contributed by atoms with Gasteiger partial charge in [-0.15, -0.1) is 0 Å². The van der Waals surface area contributed by atoms with Crippen molar-refractivity contribution in [3.05, 3.63) is 11.6 Å². The molecule has 3 saturated carbocycles. The average Bonchev–Trinajstić information content (AvgIpc) is 3.04. The zero-order valence-corrected chi connectivity index (χ0v) is 22.1. The Morgan fingerprint density at radius 3 is 2.22 bits per heavy atom. The molecule has 3 N–H and O–H groups in total. The summed E-state index contributed by atoms with van der Waals surface area (Å²) in [6.45, 7) is 9.37. The molecular formula is C27H40O9. The fourth-order valence-corrected chi connectivity index (χ4v) is 8.56. The Labute approximate surface area is 212 Å². The second-order valence-corrected chi connectivity index (χ2v) is 11.9. The van der Waals surface area contributed by atoms with Crippen LogP contribution < -0.4 is 0 Å². The van der Waals surface area contributed by atoms with Crippen LogP contribution in [0.25, 0.3) is 0 Å². The van der Waals surface area contributed by atoms with Crippen LogP contribution in [0.15, 0.2) is 11.6 Å². The standard InChI is InChI=1S/C27H40O9/c1-14(34-15(2)28)20-9-12-27(33)25(20,6)23(36-17(4)30)21(31)22-24(5)10-8-19(35-16(3)29)13-18(24)7-11-26(22,27)32/h7,14,19-23,31-33H,8-13H2,1-6H3. The maximum Gasteiger partial charge on any atom is 0.303 e. The van der Waals surface area contributed by atoms with Crippen LogP contribution in [-0.2, 0) is 28.6 Å². The van der Waals surface area contributed by atoms with Gasteiger partial charge in [-0.25, -0.2) is 0 Å². The summed E-state index contributed by atoms with van der Waals surface area (Å²) in [4.78, 5) is 35.6. The Morgan fingerprint density at radius 2 is 1.64 bits per heavy atom. The lowest BCUT2D eigenvalue weighted by atomic mass is 9.42. The molecule has 3 fully saturated rings. The minimum absolute atomic E-state index is 0.0972. The number of carbonyl (C=O) groups is 3. The third kappa shape index (κ3) is 3.64. The predicted octanol–water partition coefficient (Wildman–Crippen LogP) is 2.19. The molecule has 202 valence electrons. The number of hydrogen-bond acceptors (Lipinski definition) is 9. The van der Waals surface area contributed by atoms with Crippen molar-refractivity contribution in [1.29, 1.82) is 0 Å². The fourth-order valence-electron chi connectivity index (χ4n) is 8.56. The van der Waals surface area contributed by atoms with E-state index in [1.165, 1.54) is 20.8 Å². The monoisotopic (exact) mass is 508 g/mol. The predicted molar refractivity (Wildman–Crippen MR) is 127 cm³/mol. The molecule has 0 heterocycles. The quantitative estimate of drug-likeness (QED) is 0.296. The Balaban J connectivity index is 1.82. The lowest BCUT2D eigenvalue weighted by Crippen LogP contribution is -2.80. The Hall–Kier alpha value is -1.97. The number of hydrogen-bond donors (Lipinski definition) is 3. The minimum atomic E-state index is -1.72. The van der Waals surface area contributed by atoms with Crippen molar-refractivity contribution in [2.24, 2.45) is 22.7 Å². The van der Waals surface area contributed by atoms with Crippen LogP contribution in [0.2, 0.25) is 0 Å². The molecule has 0 saturated heterocycles. The van der Waals surface area contributed by atoms with Crippen molar-refractivity contribution in [3.8, 4) is 0 Å². The van der Waals surface area contributed by atoms with Gasteiger partial charge in [-0.3, -0.25) is 14.4 Å². The lowest BCUT2D eigenvalue weighted by Gasteiger charge is -2.68. The van der Waals surface area contributed by atoms with E-state index in [9.17, 15) is 29.7 Å². The van der Waals surface area contributed by atoms with Crippen LogP contribution in [0.1, 0.15) is 80.1 Å². The highest BCUT2D eigenvalue weighted by Crippen LogP contribution is 2.70. The molecule has 0 amide bonds. The van der Waals surface area contributed by atoms with E-state index >= 15 is 0 Å². The summed E-state index contributed by atoms with van der Waals surface area (Å²) in [6, 6.07) is 0. The topological polar surface area (TPSA) is 140 Å². The molecule has 0 aromatic rings. The van der Waals surface area contributed by atoms with Gasteiger partial charge in [0.05, 0.1) is 6.10 Å². The van der Waals surface area contributed by atoms with Crippen LogP contribution in [-0.4, -0.2) is 68.8 Å². The number of aliphatic hydroxyl groups excluding tert-OH is 1. The molecule has 0 aliphatic heterocycles. The first-order valence-corrected chi connectivity index (χ1v) is 13.0. The molecule has 9 heteroatoms. The van der Waals surface area contributed by atoms with Gasteiger partial charge in [-0.05, 0) is 44.4 Å². The van der Waals surface area contributed by atoms with Gasteiger partial charge in [-0.2, -0.15) is 0 Å². The molecule has 36 heavy (non-hydrogen) atoms. The van der Waals surface area contributed by atoms with Gasteiger partial charge in [0.15, 0.2) is 0 Å². The second kappa shape index (κ2) is 8.81. The molecule has 4 aliphatic rings. The van der Waals surface area contributed by atoms with E-state index in [-0.39, 0.29) is 24.9 Å². The summed E-state index contributed by atoms with van der Waals surface area (Å²) in [5.41, 5.74) is -4.46. The summed E-state index contributed by atoms with van der Waals surface area (Å²) in [6.07, 6.45) is 0.867. The molecule has 0 aromatic carbocycles. The summed E-state index contributed by atoms with van der Waals surface area (Å²) in [5.74, 6) is -2.72. The van der Waals surface area contributed by atoms with Crippen LogP contribution >= 0.6 is 0 Å². The number of esters is 3. The van der Waals surface area contributed by atoms with E-state index in [0.29, 0.717) is 25.7 Å².